The number of rotatable bonds is 4. The van der Waals surface area contributed by atoms with Crippen LogP contribution in [0.25, 0.3) is 0 Å². The lowest BCUT2D eigenvalue weighted by Gasteiger charge is -2.41. The summed E-state index contributed by atoms with van der Waals surface area (Å²) in [6.45, 7) is 5.47. The number of nitrogens with two attached hydrogens (primary N) is 1. The van der Waals surface area contributed by atoms with Gasteiger partial charge >= 0.3 is 0 Å². The van der Waals surface area contributed by atoms with E-state index in [1.54, 1.807) is 12.3 Å². The molecule has 0 bridgehead atoms. The molecular weight excluding hydrogens is 554 g/mol. The highest BCUT2D eigenvalue weighted by Crippen LogP contribution is 2.42. The third-order valence-electron chi connectivity index (χ3n) is 8.63. The minimum Gasteiger partial charge on any atom is -0.376 e. The number of ether oxygens (including phenoxy) is 1. The van der Waals surface area contributed by atoms with E-state index in [-0.39, 0.29) is 23.2 Å². The average molecular weight is 590 g/mol. The number of benzene rings is 1. The number of hydrogen-bond acceptors (Lipinski definition) is 11. The number of amidine groups is 1. The molecular formula is C26H35N7O5S2. The Morgan fingerprint density at radius 3 is 2.48 bits per heavy atom. The quantitative estimate of drug-likeness (QED) is 0.552. The van der Waals surface area contributed by atoms with Gasteiger partial charge in [0.15, 0.2) is 5.84 Å². The molecule has 0 unspecified atom stereocenters. The molecule has 12 nitrogen and oxygen atoms in total. The average Bonchev–Trinajstić information content (AvgIpc) is 3.44. The number of aromatic nitrogens is 2. The highest BCUT2D eigenvalue weighted by Gasteiger charge is 2.47. The zero-order valence-corrected chi connectivity index (χ0v) is 24.6. The zero-order valence-electron chi connectivity index (χ0n) is 22.9. The molecule has 0 aliphatic carbocycles. The summed E-state index contributed by atoms with van der Waals surface area (Å²) in [5, 5.41) is 0. The van der Waals surface area contributed by atoms with Crippen LogP contribution in [0.2, 0.25) is 0 Å². The van der Waals surface area contributed by atoms with Gasteiger partial charge in [0, 0.05) is 42.3 Å². The summed E-state index contributed by atoms with van der Waals surface area (Å²) in [5.41, 5.74) is 9.52. The molecule has 1 aromatic carbocycles. The van der Waals surface area contributed by atoms with Crippen molar-refractivity contribution in [2.24, 2.45) is 16.1 Å². The molecule has 2 atom stereocenters. The van der Waals surface area contributed by atoms with Crippen molar-refractivity contribution in [1.82, 2.24) is 9.97 Å². The summed E-state index contributed by atoms with van der Waals surface area (Å²) in [6.07, 6.45) is 6.81. The molecule has 5 heterocycles. The van der Waals surface area contributed by atoms with Gasteiger partial charge in [0.2, 0.25) is 20.0 Å². The smallest absolute Gasteiger partial charge is 0.245 e. The van der Waals surface area contributed by atoms with Crippen LogP contribution in [0.1, 0.15) is 43.1 Å². The molecule has 0 amide bonds. The summed E-state index contributed by atoms with van der Waals surface area (Å²) in [7, 11) is -8.13. The maximum absolute atomic E-state index is 12.5. The normalized spacial score (nSPS) is 24.1. The number of anilines is 3. The van der Waals surface area contributed by atoms with Crippen LogP contribution in [0.5, 0.6) is 0 Å². The highest BCUT2D eigenvalue weighted by atomic mass is 32.3. The minimum absolute atomic E-state index is 0.0284. The summed E-state index contributed by atoms with van der Waals surface area (Å²) < 4.78 is 56.4. The Hall–Kier alpha value is -2.81. The van der Waals surface area contributed by atoms with Crippen LogP contribution in [0.15, 0.2) is 29.4 Å². The van der Waals surface area contributed by atoms with Crippen molar-refractivity contribution >= 4 is 43.1 Å². The Morgan fingerprint density at radius 2 is 1.82 bits per heavy atom. The fourth-order valence-electron chi connectivity index (χ4n) is 6.56. The van der Waals surface area contributed by atoms with Gasteiger partial charge in [0.25, 0.3) is 0 Å². The topological polar surface area (TPSA) is 151 Å². The van der Waals surface area contributed by atoms with E-state index >= 15 is 0 Å². The Balaban J connectivity index is 1.26. The number of hydrogen-bond donors (Lipinski definition) is 1. The van der Waals surface area contributed by atoms with E-state index in [2.05, 4.69) is 4.90 Å². The Morgan fingerprint density at radius 1 is 1.10 bits per heavy atom. The predicted octanol–water partition coefficient (Wildman–Crippen LogP) is 1.25. The van der Waals surface area contributed by atoms with E-state index < -0.39 is 20.0 Å². The second kappa shape index (κ2) is 9.64. The molecule has 1 aromatic heterocycles. The molecule has 6 rings (SSSR count). The maximum Gasteiger partial charge on any atom is 0.245 e. The lowest BCUT2D eigenvalue weighted by molar-refractivity contribution is 0.0974. The fourth-order valence-corrected chi connectivity index (χ4v) is 9.58. The van der Waals surface area contributed by atoms with Gasteiger partial charge in [-0.2, -0.15) is 3.71 Å². The summed E-state index contributed by atoms with van der Waals surface area (Å²) in [4.78, 5) is 18.7. The van der Waals surface area contributed by atoms with Crippen molar-refractivity contribution < 1.29 is 21.6 Å². The first kappa shape index (κ1) is 27.4. The van der Waals surface area contributed by atoms with E-state index in [0.29, 0.717) is 53.3 Å². The second-order valence-electron chi connectivity index (χ2n) is 11.3. The van der Waals surface area contributed by atoms with Gasteiger partial charge in [0.05, 0.1) is 49.3 Å². The molecule has 1 spiro atoms. The molecule has 2 N–H and O–H groups in total. The molecule has 4 aliphatic heterocycles. The van der Waals surface area contributed by atoms with Crippen LogP contribution in [0.3, 0.4) is 0 Å². The number of sulfonamides is 2. The van der Waals surface area contributed by atoms with Crippen molar-refractivity contribution in [3.8, 4) is 0 Å². The van der Waals surface area contributed by atoms with Crippen LogP contribution >= 0.6 is 0 Å². The first-order valence-corrected chi connectivity index (χ1v) is 17.2. The summed E-state index contributed by atoms with van der Waals surface area (Å²) >= 11 is 0. The van der Waals surface area contributed by atoms with Crippen LogP contribution in [-0.2, 0) is 37.7 Å². The Kier molecular flexibility index (Phi) is 6.59. The number of nitrogens with zero attached hydrogens (tertiary/aromatic N) is 6. The molecule has 0 radical (unpaired) electrons. The van der Waals surface area contributed by atoms with Gasteiger partial charge < -0.3 is 20.3 Å². The number of piperidine rings is 1. The second-order valence-corrected chi connectivity index (χ2v) is 15.2. The van der Waals surface area contributed by atoms with Gasteiger partial charge in [0.1, 0.15) is 11.5 Å². The summed E-state index contributed by atoms with van der Waals surface area (Å²) in [6, 6.07) is 5.12. The minimum atomic E-state index is -4.07. The third kappa shape index (κ3) is 4.54. The third-order valence-corrected chi connectivity index (χ3v) is 11.9. The maximum atomic E-state index is 12.5. The Bertz CT molecular complexity index is 1550. The van der Waals surface area contributed by atoms with Crippen molar-refractivity contribution in [2.75, 3.05) is 52.3 Å². The van der Waals surface area contributed by atoms with Gasteiger partial charge in [-0.3, -0.25) is 4.99 Å². The van der Waals surface area contributed by atoms with Gasteiger partial charge in [-0.25, -0.2) is 26.8 Å². The molecule has 2 aromatic rings. The van der Waals surface area contributed by atoms with E-state index in [1.165, 1.54) is 6.07 Å². The lowest BCUT2D eigenvalue weighted by atomic mass is 9.73. The Labute approximate surface area is 235 Å². The van der Waals surface area contributed by atoms with Crippen LogP contribution < -0.4 is 19.2 Å². The molecule has 4 aliphatic rings. The monoisotopic (exact) mass is 589 g/mol. The molecule has 0 saturated carbocycles. The van der Waals surface area contributed by atoms with Crippen LogP contribution in [0, 0.1) is 5.41 Å². The molecule has 216 valence electrons. The molecule has 40 heavy (non-hydrogen) atoms. The van der Waals surface area contributed by atoms with Crippen molar-refractivity contribution in [2.45, 2.75) is 51.3 Å². The van der Waals surface area contributed by atoms with Crippen molar-refractivity contribution in [1.29, 1.82) is 0 Å². The number of aliphatic imine (C=N–C) groups is 1. The first-order valence-electron chi connectivity index (χ1n) is 13.5. The molecule has 14 heteroatoms. The van der Waals surface area contributed by atoms with E-state index in [0.717, 1.165) is 55.6 Å². The van der Waals surface area contributed by atoms with Gasteiger partial charge in [-0.15, -0.1) is 0 Å². The van der Waals surface area contributed by atoms with Crippen LogP contribution in [-0.4, -0.2) is 83.5 Å². The van der Waals surface area contributed by atoms with Crippen molar-refractivity contribution in [3.63, 3.8) is 0 Å². The predicted molar refractivity (Wildman–Crippen MR) is 154 cm³/mol. The van der Waals surface area contributed by atoms with Gasteiger partial charge in [-0.1, -0.05) is 6.07 Å². The first-order chi connectivity index (χ1) is 18.9. The van der Waals surface area contributed by atoms with Gasteiger partial charge in [-0.05, 0) is 44.7 Å². The largest absolute Gasteiger partial charge is 0.376 e. The van der Waals surface area contributed by atoms with E-state index in [9.17, 15) is 16.8 Å². The van der Waals surface area contributed by atoms with E-state index in [4.69, 9.17) is 25.4 Å². The van der Waals surface area contributed by atoms with Crippen LogP contribution in [0.4, 0.5) is 17.2 Å². The van der Waals surface area contributed by atoms with Crippen molar-refractivity contribution in [3.05, 3.63) is 41.3 Å². The SMILES string of the molecule is C[C@@H]1OCC2(CCN(c3cnc4c(n3)CN=C4N3CCCc4c3cccc4N(S(C)(=O)=O)S(C)(=O)=O)CC2)[C@@H]1N. The summed E-state index contributed by atoms with van der Waals surface area (Å²) in [5.74, 6) is 1.49. The highest BCUT2D eigenvalue weighted by molar-refractivity contribution is 8.09. The van der Waals surface area contributed by atoms with E-state index in [1.807, 2.05) is 17.9 Å². The fraction of sp³-hybridized carbons (Fsp3) is 0.577. The number of fused-ring (bicyclic) bond motifs is 2. The molecule has 2 saturated heterocycles. The standard InChI is InChI=1S/C26H35N7O5S2/c1-17-24(27)26(16-38-17)9-12-31(13-10-26)22-15-28-23-19(30-22)14-29-25(23)32-11-5-6-18-20(32)7-4-8-21(18)33(39(2,34)35)40(3,36)37/h4,7-8,15,17,24H,5-6,9-14,16,27H2,1-3H3/t17-,24+/m0/s1. The lowest BCUT2D eigenvalue weighted by Crippen LogP contribution is -2.50. The zero-order chi connectivity index (χ0) is 28.4. The molecule has 2 fully saturated rings.